The molecule has 1 saturated heterocycles. The van der Waals surface area contributed by atoms with E-state index in [2.05, 4.69) is 20.4 Å². The summed E-state index contributed by atoms with van der Waals surface area (Å²) in [6.07, 6.45) is 7.21. The van der Waals surface area contributed by atoms with Gasteiger partial charge < -0.3 is 15.3 Å². The number of nitrogens with zero attached hydrogens (tertiary/aromatic N) is 5. The van der Waals surface area contributed by atoms with Gasteiger partial charge in [0.2, 0.25) is 0 Å². The number of rotatable bonds is 5. The van der Waals surface area contributed by atoms with Crippen LogP contribution in [0.1, 0.15) is 29.4 Å². The molecule has 1 atom stereocenters. The summed E-state index contributed by atoms with van der Waals surface area (Å²) in [5.74, 6) is 0.526. The Bertz CT molecular complexity index is 717. The summed E-state index contributed by atoms with van der Waals surface area (Å²) in [5.41, 5.74) is 0.264. The second-order valence-electron chi connectivity index (χ2n) is 6.13. The van der Waals surface area contributed by atoms with E-state index in [1.165, 1.54) is 0 Å². The number of β-amino-alcohol motifs (C(OH)–C–C–N with tert-alkyl or cyclic N) is 1. The normalized spacial score (nSPS) is 20.4. The number of anilines is 1. The first-order valence-corrected chi connectivity index (χ1v) is 8.06. The highest BCUT2D eigenvalue weighted by Crippen LogP contribution is 2.24. The van der Waals surface area contributed by atoms with Crippen molar-refractivity contribution in [3.63, 3.8) is 0 Å². The zero-order chi connectivity index (χ0) is 17.2. The van der Waals surface area contributed by atoms with Gasteiger partial charge in [0.15, 0.2) is 0 Å². The van der Waals surface area contributed by atoms with Crippen LogP contribution in [-0.4, -0.2) is 56.0 Å². The van der Waals surface area contributed by atoms with Gasteiger partial charge >= 0.3 is 0 Å². The fourth-order valence-electron chi connectivity index (χ4n) is 2.89. The average molecular weight is 330 g/mol. The van der Waals surface area contributed by atoms with E-state index < -0.39 is 5.60 Å². The molecule has 8 heteroatoms. The van der Waals surface area contributed by atoms with Gasteiger partial charge in [0, 0.05) is 44.8 Å². The summed E-state index contributed by atoms with van der Waals surface area (Å²) in [7, 11) is 0. The number of aryl methyl sites for hydroxylation is 2. The van der Waals surface area contributed by atoms with Crippen LogP contribution >= 0.6 is 0 Å². The van der Waals surface area contributed by atoms with E-state index in [1.54, 1.807) is 36.4 Å². The number of nitrogens with one attached hydrogen (secondary N) is 1. The van der Waals surface area contributed by atoms with Crippen molar-refractivity contribution in [1.82, 2.24) is 25.1 Å². The number of aliphatic hydroxyl groups is 1. The molecule has 2 aromatic heterocycles. The smallest absolute Gasteiger partial charge is 0.254 e. The first-order valence-electron chi connectivity index (χ1n) is 8.06. The van der Waals surface area contributed by atoms with Crippen molar-refractivity contribution in [3.05, 3.63) is 36.0 Å². The predicted molar refractivity (Wildman–Crippen MR) is 88.8 cm³/mol. The molecule has 1 amide bonds. The molecule has 128 valence electrons. The molecular weight excluding hydrogens is 308 g/mol. The number of carbonyl (C=O) groups excluding carboxylic acids is 1. The lowest BCUT2D eigenvalue weighted by Crippen LogP contribution is -2.45. The van der Waals surface area contributed by atoms with Crippen LogP contribution in [0.15, 0.2) is 24.8 Å². The third kappa shape index (κ3) is 3.38. The lowest BCUT2D eigenvalue weighted by atomic mass is 10.0. The predicted octanol–water partition coefficient (Wildman–Crippen LogP) is 0.373. The number of amides is 1. The Labute approximate surface area is 140 Å². The van der Waals surface area contributed by atoms with Crippen LogP contribution in [0.5, 0.6) is 0 Å². The number of hydrogen-bond acceptors (Lipinski definition) is 6. The van der Waals surface area contributed by atoms with Crippen molar-refractivity contribution in [2.75, 3.05) is 24.5 Å². The highest BCUT2D eigenvalue weighted by atomic mass is 16.3. The highest BCUT2D eigenvalue weighted by Gasteiger charge is 2.37. The molecule has 0 aliphatic carbocycles. The molecule has 2 aromatic rings. The van der Waals surface area contributed by atoms with Crippen LogP contribution in [0.2, 0.25) is 0 Å². The quantitative estimate of drug-likeness (QED) is 0.822. The van der Waals surface area contributed by atoms with Gasteiger partial charge in [-0.1, -0.05) is 0 Å². The maximum atomic E-state index is 12.3. The fourth-order valence-corrected chi connectivity index (χ4v) is 2.89. The van der Waals surface area contributed by atoms with Gasteiger partial charge in [-0.05, 0) is 20.3 Å². The first-order chi connectivity index (χ1) is 11.5. The van der Waals surface area contributed by atoms with Gasteiger partial charge in [-0.25, -0.2) is 4.98 Å². The molecule has 0 aromatic carbocycles. The third-order valence-electron chi connectivity index (χ3n) is 4.30. The van der Waals surface area contributed by atoms with E-state index in [-0.39, 0.29) is 12.5 Å². The van der Waals surface area contributed by atoms with E-state index >= 15 is 0 Å². The van der Waals surface area contributed by atoms with Crippen molar-refractivity contribution < 1.29 is 9.90 Å². The molecule has 1 fully saturated rings. The Balaban J connectivity index is 1.60. The van der Waals surface area contributed by atoms with E-state index in [1.807, 2.05) is 11.8 Å². The molecule has 0 saturated carbocycles. The Kier molecular flexibility index (Phi) is 4.48. The second-order valence-corrected chi connectivity index (χ2v) is 6.13. The van der Waals surface area contributed by atoms with Crippen molar-refractivity contribution in [3.8, 4) is 0 Å². The topological polar surface area (TPSA) is 96.2 Å². The molecule has 0 bridgehead atoms. The lowest BCUT2D eigenvalue weighted by molar-refractivity contribution is 0.0575. The molecule has 1 unspecified atom stereocenters. The van der Waals surface area contributed by atoms with Crippen LogP contribution in [0.25, 0.3) is 0 Å². The number of hydrogen-bond donors (Lipinski definition) is 2. The van der Waals surface area contributed by atoms with Crippen molar-refractivity contribution >= 4 is 11.7 Å². The molecular formula is C16H22N6O2. The first kappa shape index (κ1) is 16.4. The summed E-state index contributed by atoms with van der Waals surface area (Å²) in [4.78, 5) is 22.6. The molecule has 8 nitrogen and oxygen atoms in total. The average Bonchev–Trinajstić information content (AvgIpc) is 3.17. The highest BCUT2D eigenvalue weighted by molar-refractivity contribution is 5.95. The Morgan fingerprint density at radius 3 is 2.96 bits per heavy atom. The Morgan fingerprint density at radius 1 is 1.46 bits per heavy atom. The van der Waals surface area contributed by atoms with Gasteiger partial charge in [-0.2, -0.15) is 5.10 Å². The number of aromatic nitrogens is 4. The minimum atomic E-state index is -0.970. The standard InChI is InChI=1S/C16H22N6O2/c1-3-22-9-13(12(2)20-22)15(23)19-10-16(24)4-7-21(11-16)14-8-17-5-6-18-14/h5-6,8-9,24H,3-4,7,10-11H2,1-2H3,(H,19,23). The number of carbonyl (C=O) groups is 1. The lowest BCUT2D eigenvalue weighted by Gasteiger charge is -2.24. The zero-order valence-electron chi connectivity index (χ0n) is 13.9. The summed E-state index contributed by atoms with van der Waals surface area (Å²) in [6, 6.07) is 0. The summed E-state index contributed by atoms with van der Waals surface area (Å²) >= 11 is 0. The van der Waals surface area contributed by atoms with Crippen molar-refractivity contribution in [2.24, 2.45) is 0 Å². The molecule has 3 heterocycles. The van der Waals surface area contributed by atoms with Crippen LogP contribution in [0.3, 0.4) is 0 Å². The van der Waals surface area contributed by atoms with Crippen molar-refractivity contribution in [1.29, 1.82) is 0 Å². The third-order valence-corrected chi connectivity index (χ3v) is 4.30. The molecule has 0 spiro atoms. The maximum Gasteiger partial charge on any atom is 0.254 e. The van der Waals surface area contributed by atoms with Gasteiger partial charge in [0.05, 0.1) is 17.5 Å². The van der Waals surface area contributed by atoms with Gasteiger partial charge in [-0.15, -0.1) is 0 Å². The molecule has 1 aliphatic rings. The van der Waals surface area contributed by atoms with Crippen LogP contribution < -0.4 is 10.2 Å². The van der Waals surface area contributed by atoms with Gasteiger partial charge in [-0.3, -0.25) is 14.5 Å². The van der Waals surface area contributed by atoms with Gasteiger partial charge in [0.25, 0.3) is 5.91 Å². The molecule has 1 aliphatic heterocycles. The van der Waals surface area contributed by atoms with Crippen molar-refractivity contribution in [2.45, 2.75) is 32.4 Å². The van der Waals surface area contributed by atoms with E-state index in [0.717, 1.165) is 5.82 Å². The second kappa shape index (κ2) is 6.56. The van der Waals surface area contributed by atoms with Crippen LogP contribution in [0, 0.1) is 6.92 Å². The van der Waals surface area contributed by atoms with E-state index in [9.17, 15) is 9.90 Å². The van der Waals surface area contributed by atoms with E-state index in [0.29, 0.717) is 37.3 Å². The molecule has 0 radical (unpaired) electrons. The molecule has 3 rings (SSSR count). The summed E-state index contributed by atoms with van der Waals surface area (Å²) in [6.45, 7) is 5.78. The fraction of sp³-hybridized carbons (Fsp3) is 0.500. The van der Waals surface area contributed by atoms with Crippen LogP contribution in [-0.2, 0) is 6.54 Å². The van der Waals surface area contributed by atoms with Crippen LogP contribution in [0.4, 0.5) is 5.82 Å². The monoisotopic (exact) mass is 330 g/mol. The minimum Gasteiger partial charge on any atom is -0.386 e. The largest absolute Gasteiger partial charge is 0.386 e. The summed E-state index contributed by atoms with van der Waals surface area (Å²) < 4.78 is 1.73. The van der Waals surface area contributed by atoms with Gasteiger partial charge in [0.1, 0.15) is 11.4 Å². The molecule has 2 N–H and O–H groups in total. The summed E-state index contributed by atoms with van der Waals surface area (Å²) in [5, 5.41) is 17.8. The molecule has 24 heavy (non-hydrogen) atoms. The van der Waals surface area contributed by atoms with E-state index in [4.69, 9.17) is 0 Å². The Hall–Kier alpha value is -2.48. The maximum absolute atomic E-state index is 12.3. The Morgan fingerprint density at radius 2 is 2.29 bits per heavy atom. The SMILES string of the molecule is CCn1cc(C(=O)NCC2(O)CCN(c3cnccn3)C2)c(C)n1. The zero-order valence-corrected chi connectivity index (χ0v) is 13.9. The minimum absolute atomic E-state index is 0.194.